The third-order valence-electron chi connectivity index (χ3n) is 4.29. The Hall–Kier alpha value is -1.83. The van der Waals surface area contributed by atoms with E-state index in [1.807, 2.05) is 0 Å². The summed E-state index contributed by atoms with van der Waals surface area (Å²) >= 11 is 0. The van der Waals surface area contributed by atoms with Gasteiger partial charge in [-0.2, -0.15) is 13.2 Å². The lowest BCUT2D eigenvalue weighted by atomic mass is 10.2. The number of carbonyl (C=O) groups excluding carboxylic acids is 1. The molecule has 5 nitrogen and oxygen atoms in total. The van der Waals surface area contributed by atoms with Crippen LogP contribution in [0.5, 0.6) is 0 Å². The molecule has 1 aromatic rings. The van der Waals surface area contributed by atoms with Crippen LogP contribution in [0.1, 0.15) is 24.8 Å². The fourth-order valence-corrected chi connectivity index (χ4v) is 2.98. The van der Waals surface area contributed by atoms with Gasteiger partial charge in [0.25, 0.3) is 5.56 Å². The number of hydrogen-bond acceptors (Lipinski definition) is 3. The monoisotopic (exact) mass is 329 g/mol. The molecule has 2 aliphatic rings. The molecule has 126 valence electrons. The molecule has 1 amide bonds. The van der Waals surface area contributed by atoms with Crippen molar-refractivity contribution in [1.29, 1.82) is 0 Å². The fourth-order valence-electron chi connectivity index (χ4n) is 2.98. The molecule has 1 saturated carbocycles. The van der Waals surface area contributed by atoms with Crippen LogP contribution >= 0.6 is 0 Å². The number of hydrogen-bond donors (Lipinski definition) is 1. The maximum absolute atomic E-state index is 12.7. The highest BCUT2D eigenvalue weighted by Crippen LogP contribution is 2.29. The van der Waals surface area contributed by atoms with Gasteiger partial charge in [0.05, 0.1) is 0 Å². The first kappa shape index (κ1) is 16.0. The summed E-state index contributed by atoms with van der Waals surface area (Å²) in [6.45, 7) is 1.30. The molecule has 0 unspecified atom stereocenters. The quantitative estimate of drug-likeness (QED) is 0.904. The maximum Gasteiger partial charge on any atom is 0.421 e. The van der Waals surface area contributed by atoms with E-state index in [1.165, 1.54) is 19.0 Å². The van der Waals surface area contributed by atoms with Crippen molar-refractivity contribution >= 4 is 5.91 Å². The van der Waals surface area contributed by atoms with Gasteiger partial charge < -0.3 is 9.88 Å². The Balaban J connectivity index is 1.61. The van der Waals surface area contributed by atoms with Gasteiger partial charge in [-0.25, -0.2) is 0 Å². The third-order valence-corrected chi connectivity index (χ3v) is 4.29. The van der Waals surface area contributed by atoms with Crippen LogP contribution in [0.3, 0.4) is 0 Å². The van der Waals surface area contributed by atoms with E-state index in [4.69, 9.17) is 0 Å². The normalized spacial score (nSPS) is 22.3. The maximum atomic E-state index is 12.7. The van der Waals surface area contributed by atoms with Crippen LogP contribution in [0, 0.1) is 0 Å². The van der Waals surface area contributed by atoms with Crippen LogP contribution in [0.15, 0.2) is 23.1 Å². The van der Waals surface area contributed by atoms with E-state index in [2.05, 4.69) is 10.2 Å². The van der Waals surface area contributed by atoms with Crippen molar-refractivity contribution in [2.75, 3.05) is 13.1 Å². The molecule has 1 saturated heterocycles. The van der Waals surface area contributed by atoms with Gasteiger partial charge in [0.1, 0.15) is 12.1 Å². The largest absolute Gasteiger partial charge is 0.421 e. The van der Waals surface area contributed by atoms with Crippen molar-refractivity contribution in [3.05, 3.63) is 34.2 Å². The second-order valence-corrected chi connectivity index (χ2v) is 6.13. The number of nitrogens with zero attached hydrogens (tertiary/aromatic N) is 2. The Kier molecular flexibility index (Phi) is 4.18. The summed E-state index contributed by atoms with van der Waals surface area (Å²) in [6.07, 6.45) is -0.296. The minimum absolute atomic E-state index is 0.00426. The standard InChI is InChI=1S/C15H18F3N3O2/c16-15(17,18)12-2-1-6-21(14(12)23)9-13(22)19-10-5-7-20(8-10)11-3-4-11/h1-2,6,10-11H,3-5,7-9H2,(H,19,22)/t10-/m1/s1. The van der Waals surface area contributed by atoms with Gasteiger partial charge in [-0.1, -0.05) is 0 Å². The minimum atomic E-state index is -4.72. The molecular weight excluding hydrogens is 311 g/mol. The molecule has 1 aliphatic carbocycles. The Labute approximate surface area is 131 Å². The lowest BCUT2D eigenvalue weighted by Crippen LogP contribution is -2.41. The molecule has 1 atom stereocenters. The minimum Gasteiger partial charge on any atom is -0.350 e. The number of aromatic nitrogens is 1. The van der Waals surface area contributed by atoms with E-state index in [1.54, 1.807) is 0 Å². The van der Waals surface area contributed by atoms with E-state index in [-0.39, 0.29) is 6.04 Å². The van der Waals surface area contributed by atoms with Gasteiger partial charge in [-0.3, -0.25) is 14.5 Å². The molecule has 2 heterocycles. The van der Waals surface area contributed by atoms with Crippen LogP contribution in [0.4, 0.5) is 13.2 Å². The molecular formula is C15H18F3N3O2. The number of rotatable bonds is 4. The zero-order chi connectivity index (χ0) is 16.6. The molecule has 8 heteroatoms. The summed E-state index contributed by atoms with van der Waals surface area (Å²) in [5.74, 6) is -0.436. The molecule has 0 aromatic carbocycles. The molecule has 23 heavy (non-hydrogen) atoms. The molecule has 1 aromatic heterocycles. The first-order chi connectivity index (χ1) is 10.8. The highest BCUT2D eigenvalue weighted by molar-refractivity contribution is 5.76. The molecule has 1 N–H and O–H groups in total. The number of carbonyl (C=O) groups is 1. The Morgan fingerprint density at radius 2 is 2.04 bits per heavy atom. The van der Waals surface area contributed by atoms with E-state index in [0.717, 1.165) is 36.2 Å². The molecule has 2 fully saturated rings. The second-order valence-electron chi connectivity index (χ2n) is 6.13. The van der Waals surface area contributed by atoms with E-state index < -0.39 is 29.8 Å². The van der Waals surface area contributed by atoms with Gasteiger partial charge in [-0.05, 0) is 31.4 Å². The molecule has 3 rings (SSSR count). The van der Waals surface area contributed by atoms with Gasteiger partial charge in [0.15, 0.2) is 0 Å². The van der Waals surface area contributed by atoms with Crippen molar-refractivity contribution in [2.24, 2.45) is 0 Å². The van der Waals surface area contributed by atoms with E-state index in [9.17, 15) is 22.8 Å². The molecule has 0 radical (unpaired) electrons. The predicted molar refractivity (Wildman–Crippen MR) is 76.8 cm³/mol. The van der Waals surface area contributed by atoms with Crippen molar-refractivity contribution < 1.29 is 18.0 Å². The Morgan fingerprint density at radius 3 is 2.70 bits per heavy atom. The number of amides is 1. The lowest BCUT2D eigenvalue weighted by molar-refractivity contribution is -0.139. The summed E-state index contributed by atoms with van der Waals surface area (Å²) < 4.78 is 38.9. The summed E-state index contributed by atoms with van der Waals surface area (Å²) in [5, 5.41) is 2.80. The highest BCUT2D eigenvalue weighted by atomic mass is 19.4. The first-order valence-corrected chi connectivity index (χ1v) is 7.64. The zero-order valence-electron chi connectivity index (χ0n) is 12.5. The Bertz CT molecular complexity index is 652. The third kappa shape index (κ3) is 3.74. The topological polar surface area (TPSA) is 54.3 Å². The lowest BCUT2D eigenvalue weighted by Gasteiger charge is -2.16. The van der Waals surface area contributed by atoms with Crippen molar-refractivity contribution in [3.8, 4) is 0 Å². The van der Waals surface area contributed by atoms with Crippen LogP contribution < -0.4 is 10.9 Å². The summed E-state index contributed by atoms with van der Waals surface area (Å²) in [5.41, 5.74) is -2.45. The SMILES string of the molecule is O=C(Cn1cccc(C(F)(F)F)c1=O)N[C@@H]1CCN(C2CC2)C1. The van der Waals surface area contributed by atoms with Crippen molar-refractivity contribution in [1.82, 2.24) is 14.8 Å². The fraction of sp³-hybridized carbons (Fsp3) is 0.600. The number of halogens is 3. The van der Waals surface area contributed by atoms with Crippen LogP contribution in [-0.2, 0) is 17.5 Å². The number of alkyl halides is 3. The van der Waals surface area contributed by atoms with Gasteiger partial charge in [0, 0.05) is 31.4 Å². The van der Waals surface area contributed by atoms with Crippen LogP contribution in [0.25, 0.3) is 0 Å². The molecule has 0 spiro atoms. The summed E-state index contributed by atoms with van der Waals surface area (Å²) in [6, 6.07) is 2.48. The first-order valence-electron chi connectivity index (χ1n) is 7.64. The van der Waals surface area contributed by atoms with Crippen molar-refractivity contribution in [2.45, 2.75) is 44.1 Å². The molecule has 0 bridgehead atoms. The Morgan fingerprint density at radius 1 is 1.30 bits per heavy atom. The smallest absolute Gasteiger partial charge is 0.350 e. The summed E-state index contributed by atoms with van der Waals surface area (Å²) in [7, 11) is 0. The number of nitrogens with one attached hydrogen (secondary N) is 1. The highest BCUT2D eigenvalue weighted by Gasteiger charge is 2.36. The summed E-state index contributed by atoms with van der Waals surface area (Å²) in [4.78, 5) is 26.1. The average molecular weight is 329 g/mol. The molecule has 1 aliphatic heterocycles. The second kappa shape index (κ2) is 5.99. The van der Waals surface area contributed by atoms with Crippen LogP contribution in [-0.4, -0.2) is 40.5 Å². The number of likely N-dealkylation sites (tertiary alicyclic amines) is 1. The number of pyridine rings is 1. The van der Waals surface area contributed by atoms with Crippen LogP contribution in [0.2, 0.25) is 0 Å². The predicted octanol–water partition coefficient (Wildman–Crippen LogP) is 1.22. The van der Waals surface area contributed by atoms with Gasteiger partial charge in [-0.15, -0.1) is 0 Å². The van der Waals surface area contributed by atoms with Gasteiger partial charge >= 0.3 is 6.18 Å². The van der Waals surface area contributed by atoms with Gasteiger partial charge in [0.2, 0.25) is 5.91 Å². The van der Waals surface area contributed by atoms with Crippen molar-refractivity contribution in [3.63, 3.8) is 0 Å². The zero-order valence-corrected chi connectivity index (χ0v) is 12.5. The average Bonchev–Trinajstić information content (AvgIpc) is 3.21. The van der Waals surface area contributed by atoms with E-state index in [0.29, 0.717) is 6.04 Å². The van der Waals surface area contributed by atoms with E-state index >= 15 is 0 Å².